The number of nitrogens with zero attached hydrogens (tertiary/aromatic N) is 6. The molecular weight excluding hydrogens is 716 g/mol. The second-order valence-electron chi connectivity index (χ2n) is 15.4. The molecule has 5 aromatic rings. The normalized spacial score (nSPS) is 20.4. The molecule has 286 valence electrons. The van der Waals surface area contributed by atoms with Gasteiger partial charge in [0, 0.05) is 87.5 Å². The van der Waals surface area contributed by atoms with E-state index in [0.717, 1.165) is 115 Å². The molecule has 8 rings (SSSR count). The molecule has 2 fully saturated rings. The number of aliphatic hydroxyl groups is 1. The molecule has 12 nitrogen and oxygen atoms in total. The summed E-state index contributed by atoms with van der Waals surface area (Å²) in [5.41, 5.74) is 7.87. The average molecular weight is 763 g/mol. The number of amides is 1. The number of nitrogens with one attached hydrogen (secondary N) is 2. The summed E-state index contributed by atoms with van der Waals surface area (Å²) in [7, 11) is 1.89. The van der Waals surface area contributed by atoms with Crippen molar-refractivity contribution in [1.82, 2.24) is 29.3 Å². The Bertz CT molecular complexity index is 2250. The number of carbonyl (C=O) groups is 2. The number of carboxylic acid groups (broad SMARTS) is 1. The lowest BCUT2D eigenvalue weighted by Gasteiger charge is -2.33. The minimum Gasteiger partial charge on any atom is -0.481 e. The van der Waals surface area contributed by atoms with Crippen LogP contribution in [0.2, 0.25) is 5.02 Å². The fourth-order valence-corrected chi connectivity index (χ4v) is 8.88. The molecule has 3 aromatic heterocycles. The maximum Gasteiger partial charge on any atom is 0.306 e. The number of rotatable bonds is 10. The maximum absolute atomic E-state index is 13.7. The van der Waals surface area contributed by atoms with E-state index in [9.17, 15) is 19.8 Å². The number of hydrogen-bond acceptors (Lipinski definition) is 9. The molecule has 1 atom stereocenters. The highest BCUT2D eigenvalue weighted by molar-refractivity contribution is 6.36. The molecule has 0 spiro atoms. The summed E-state index contributed by atoms with van der Waals surface area (Å²) in [4.78, 5) is 44.0. The largest absolute Gasteiger partial charge is 0.481 e. The van der Waals surface area contributed by atoms with Gasteiger partial charge in [0.25, 0.3) is 5.91 Å². The summed E-state index contributed by atoms with van der Waals surface area (Å²) in [6.45, 7) is 6.81. The third kappa shape index (κ3) is 7.82. The lowest BCUT2D eigenvalue weighted by molar-refractivity contribution is -0.143. The van der Waals surface area contributed by atoms with Crippen LogP contribution in [0.4, 0.5) is 17.2 Å². The van der Waals surface area contributed by atoms with Gasteiger partial charge in [-0.1, -0.05) is 35.9 Å². The number of carboxylic acids is 1. The average Bonchev–Trinajstić information content (AvgIpc) is 3.74. The van der Waals surface area contributed by atoms with E-state index in [1.807, 2.05) is 61.1 Å². The summed E-state index contributed by atoms with van der Waals surface area (Å²) in [5.74, 6) is 0.269. The van der Waals surface area contributed by atoms with E-state index in [-0.39, 0.29) is 17.9 Å². The zero-order chi connectivity index (χ0) is 38.2. The van der Waals surface area contributed by atoms with E-state index in [2.05, 4.69) is 31.5 Å². The van der Waals surface area contributed by atoms with Crippen molar-refractivity contribution in [2.45, 2.75) is 64.6 Å². The van der Waals surface area contributed by atoms with Crippen molar-refractivity contribution in [1.29, 1.82) is 0 Å². The molecule has 0 unspecified atom stereocenters. The van der Waals surface area contributed by atoms with Gasteiger partial charge in [-0.15, -0.1) is 0 Å². The van der Waals surface area contributed by atoms with Crippen molar-refractivity contribution >= 4 is 51.6 Å². The third-order valence-electron chi connectivity index (χ3n) is 11.7. The fourth-order valence-electron chi connectivity index (χ4n) is 8.60. The summed E-state index contributed by atoms with van der Waals surface area (Å²) in [5, 5.41) is 27.2. The van der Waals surface area contributed by atoms with Crippen LogP contribution < -0.4 is 10.6 Å². The van der Waals surface area contributed by atoms with Gasteiger partial charge >= 0.3 is 5.97 Å². The number of imidazole rings is 1. The number of aliphatic hydroxyl groups excluding tert-OH is 1. The Labute approximate surface area is 325 Å². The third-order valence-corrected chi connectivity index (χ3v) is 12.1. The van der Waals surface area contributed by atoms with Gasteiger partial charge in [0.1, 0.15) is 5.52 Å². The second-order valence-corrected chi connectivity index (χ2v) is 15.8. The number of benzene rings is 2. The number of anilines is 3. The lowest BCUT2D eigenvalue weighted by atomic mass is 9.81. The molecule has 55 heavy (non-hydrogen) atoms. The summed E-state index contributed by atoms with van der Waals surface area (Å²) < 4.78 is 1.90. The molecule has 13 heteroatoms. The van der Waals surface area contributed by atoms with Crippen LogP contribution in [0.1, 0.15) is 65.2 Å². The minimum absolute atomic E-state index is 0.213. The Balaban J connectivity index is 0.959. The van der Waals surface area contributed by atoms with E-state index in [1.165, 1.54) is 0 Å². The Morgan fingerprint density at radius 2 is 1.75 bits per heavy atom. The van der Waals surface area contributed by atoms with E-state index >= 15 is 0 Å². The molecule has 1 amide bonds. The van der Waals surface area contributed by atoms with Crippen molar-refractivity contribution in [3.8, 4) is 11.1 Å². The molecule has 0 bridgehead atoms. The molecule has 2 aromatic carbocycles. The van der Waals surface area contributed by atoms with E-state index in [0.29, 0.717) is 41.4 Å². The Hall–Kier alpha value is -4.88. The smallest absolute Gasteiger partial charge is 0.306 e. The molecule has 1 saturated heterocycles. The van der Waals surface area contributed by atoms with Crippen LogP contribution in [0.5, 0.6) is 0 Å². The number of aromatic nitrogens is 4. The van der Waals surface area contributed by atoms with Crippen LogP contribution in [0.25, 0.3) is 22.0 Å². The highest BCUT2D eigenvalue weighted by Crippen LogP contribution is 2.39. The number of fused-ring (bicyclic) bond motifs is 2. The molecule has 0 radical (unpaired) electrons. The molecular formula is C42H47ClN8O4. The second kappa shape index (κ2) is 15.7. The van der Waals surface area contributed by atoms with Gasteiger partial charge in [-0.3, -0.25) is 24.4 Å². The first-order valence-electron chi connectivity index (χ1n) is 19.2. The van der Waals surface area contributed by atoms with Crippen molar-refractivity contribution in [2.75, 3.05) is 36.8 Å². The number of hydrogen-bond donors (Lipinski definition) is 4. The van der Waals surface area contributed by atoms with Crippen molar-refractivity contribution < 1.29 is 19.8 Å². The van der Waals surface area contributed by atoms with Crippen LogP contribution in [0.3, 0.4) is 0 Å². The van der Waals surface area contributed by atoms with Gasteiger partial charge in [-0.2, -0.15) is 0 Å². The molecule has 1 saturated carbocycles. The first kappa shape index (κ1) is 37.1. The first-order chi connectivity index (χ1) is 26.6. The van der Waals surface area contributed by atoms with Gasteiger partial charge in [0.15, 0.2) is 11.6 Å². The lowest BCUT2D eigenvalue weighted by Crippen LogP contribution is -2.36. The summed E-state index contributed by atoms with van der Waals surface area (Å²) in [6.07, 6.45) is 8.36. The maximum atomic E-state index is 13.7. The van der Waals surface area contributed by atoms with Gasteiger partial charge in [-0.05, 0) is 85.9 Å². The fraction of sp³-hybridized carbons (Fsp3) is 0.405. The summed E-state index contributed by atoms with van der Waals surface area (Å²) >= 11 is 7.06. The Kier molecular flexibility index (Phi) is 10.6. The number of carbonyl (C=O) groups excluding carboxylic acids is 1. The topological polar surface area (TPSA) is 149 Å². The molecule has 4 N–H and O–H groups in total. The van der Waals surface area contributed by atoms with Crippen LogP contribution in [-0.4, -0.2) is 83.7 Å². The van der Waals surface area contributed by atoms with E-state index in [4.69, 9.17) is 21.6 Å². The van der Waals surface area contributed by atoms with Crippen molar-refractivity contribution in [2.24, 2.45) is 18.9 Å². The highest BCUT2D eigenvalue weighted by atomic mass is 35.5. The van der Waals surface area contributed by atoms with Crippen molar-refractivity contribution in [3.05, 3.63) is 94.3 Å². The molecule has 3 aliphatic rings. The standard InChI is InChI=1S/C42H47ClN8O4/c1-25-31(5-3-7-33(25)46-39-38-29(13-16-44-39)19-27(20-45-38)22-50-17-14-30(52)23-50)32-6-4-8-34(37(32)43)48-41(53)40-47-35-24-51(18-15-36(35)49(40)2)21-26-9-11-28(12-10-26)42(54)55/h3-8,13,16,19-20,26,28,30,52H,9-12,14-15,17-18,21-24H2,1-2H3,(H,44,46)(H,48,53)(H,54,55)/t26-,28-,30-/m1/s1. The predicted octanol–water partition coefficient (Wildman–Crippen LogP) is 6.80. The highest BCUT2D eigenvalue weighted by Gasteiger charge is 2.30. The van der Waals surface area contributed by atoms with Crippen LogP contribution in [-0.2, 0) is 31.4 Å². The number of aliphatic carboxylic acids is 1. The van der Waals surface area contributed by atoms with Gasteiger partial charge in [-0.25, -0.2) is 9.97 Å². The van der Waals surface area contributed by atoms with Crippen LogP contribution >= 0.6 is 11.6 Å². The Morgan fingerprint density at radius 3 is 2.51 bits per heavy atom. The number of likely N-dealkylation sites (tertiary alicyclic amines) is 1. The SMILES string of the molecule is Cc1c(Nc2nccc3cc(CN4CC[C@@H](O)C4)cnc23)cccc1-c1cccc(NC(=O)c2nc3c(n2C)CCN(C[C@H]2CC[C@H](C(=O)O)CC2)C3)c1Cl. The van der Waals surface area contributed by atoms with E-state index in [1.54, 1.807) is 12.3 Å². The zero-order valence-corrected chi connectivity index (χ0v) is 32.0. The number of β-amino-alcohol motifs (C(OH)–C–C–N with tert-alkyl or cyclic N) is 1. The van der Waals surface area contributed by atoms with E-state index < -0.39 is 5.97 Å². The summed E-state index contributed by atoms with van der Waals surface area (Å²) in [6, 6.07) is 15.7. The zero-order valence-electron chi connectivity index (χ0n) is 31.3. The number of halogens is 1. The van der Waals surface area contributed by atoms with Crippen LogP contribution in [0, 0.1) is 18.8 Å². The van der Waals surface area contributed by atoms with Gasteiger partial charge in [0.05, 0.1) is 28.4 Å². The van der Waals surface area contributed by atoms with Crippen LogP contribution in [0.15, 0.2) is 60.9 Å². The molecule has 5 heterocycles. The first-order valence-corrected chi connectivity index (χ1v) is 19.6. The molecule has 2 aliphatic heterocycles. The monoisotopic (exact) mass is 762 g/mol. The molecule has 1 aliphatic carbocycles. The Morgan fingerprint density at radius 1 is 0.964 bits per heavy atom. The predicted molar refractivity (Wildman–Crippen MR) is 214 cm³/mol. The quantitative estimate of drug-likeness (QED) is 0.120. The number of pyridine rings is 2. The van der Waals surface area contributed by atoms with Gasteiger partial charge < -0.3 is 25.4 Å². The van der Waals surface area contributed by atoms with Gasteiger partial charge in [0.2, 0.25) is 0 Å². The van der Waals surface area contributed by atoms with Crippen molar-refractivity contribution in [3.63, 3.8) is 0 Å². The minimum atomic E-state index is -0.676.